The lowest BCUT2D eigenvalue weighted by Gasteiger charge is -2.55. The zero-order valence-electron chi connectivity index (χ0n) is 11.4. The van der Waals surface area contributed by atoms with Crippen molar-refractivity contribution >= 4 is 5.78 Å². The number of carbonyl (C=O) groups excluding carboxylic acids is 1. The Bertz CT molecular complexity index is 343. The molecule has 18 heavy (non-hydrogen) atoms. The van der Waals surface area contributed by atoms with Crippen LogP contribution in [0.25, 0.3) is 0 Å². The van der Waals surface area contributed by atoms with Gasteiger partial charge < -0.3 is 10.0 Å². The Kier molecular flexibility index (Phi) is 3.23. The molecule has 2 saturated carbocycles. The number of carbonyl (C=O) groups is 1. The first-order valence-corrected chi connectivity index (χ1v) is 7.53. The van der Waals surface area contributed by atoms with Gasteiger partial charge in [0.25, 0.3) is 0 Å². The summed E-state index contributed by atoms with van der Waals surface area (Å²) >= 11 is 0. The lowest BCUT2D eigenvalue weighted by molar-refractivity contribution is -0.156. The van der Waals surface area contributed by atoms with E-state index in [1.165, 1.54) is 6.42 Å². The number of rotatable bonds is 0. The number of likely N-dealkylation sites (tertiary alicyclic amines) is 1. The molecule has 2 aliphatic carbocycles. The largest absolute Gasteiger partial charge is 0.393 e. The molecule has 4 unspecified atom stereocenters. The zero-order chi connectivity index (χ0) is 12.8. The fraction of sp³-hybridized carbons (Fsp3) is 0.933. The maximum atomic E-state index is 12.6. The van der Waals surface area contributed by atoms with E-state index in [2.05, 4.69) is 11.9 Å². The molecule has 0 amide bonds. The average molecular weight is 251 g/mol. The van der Waals surface area contributed by atoms with Gasteiger partial charge in [0.05, 0.1) is 6.10 Å². The Morgan fingerprint density at radius 3 is 2.89 bits per heavy atom. The molecule has 1 spiro atoms. The van der Waals surface area contributed by atoms with Gasteiger partial charge in [-0.25, -0.2) is 0 Å². The number of hydrogen-bond donors (Lipinski definition) is 1. The van der Waals surface area contributed by atoms with Crippen LogP contribution in [-0.4, -0.2) is 42.0 Å². The Labute approximate surface area is 110 Å². The summed E-state index contributed by atoms with van der Waals surface area (Å²) in [7, 11) is 2.14. The fourth-order valence-electron chi connectivity index (χ4n) is 4.97. The van der Waals surface area contributed by atoms with Crippen LogP contribution in [0.1, 0.15) is 44.9 Å². The second-order valence-corrected chi connectivity index (χ2v) is 6.77. The van der Waals surface area contributed by atoms with Crippen LogP contribution in [0.4, 0.5) is 0 Å². The topological polar surface area (TPSA) is 40.5 Å². The van der Waals surface area contributed by atoms with E-state index in [4.69, 9.17) is 0 Å². The van der Waals surface area contributed by atoms with E-state index >= 15 is 0 Å². The van der Waals surface area contributed by atoms with Crippen molar-refractivity contribution in [2.45, 2.75) is 51.0 Å². The van der Waals surface area contributed by atoms with Crippen LogP contribution < -0.4 is 0 Å². The maximum absolute atomic E-state index is 12.6. The van der Waals surface area contributed by atoms with E-state index in [1.807, 2.05) is 0 Å². The lowest BCUT2D eigenvalue weighted by Crippen LogP contribution is -2.61. The Morgan fingerprint density at radius 2 is 2.11 bits per heavy atom. The molecule has 0 aromatic heterocycles. The summed E-state index contributed by atoms with van der Waals surface area (Å²) in [4.78, 5) is 14.9. The summed E-state index contributed by atoms with van der Waals surface area (Å²) in [5, 5.41) is 10.5. The first-order chi connectivity index (χ1) is 8.63. The Hall–Kier alpha value is -0.410. The molecule has 0 aromatic carbocycles. The molecular formula is C15H25NO2. The summed E-state index contributed by atoms with van der Waals surface area (Å²) < 4.78 is 0. The third-order valence-electron chi connectivity index (χ3n) is 5.57. The van der Waals surface area contributed by atoms with Crippen molar-refractivity contribution in [3.05, 3.63) is 0 Å². The first-order valence-electron chi connectivity index (χ1n) is 7.53. The van der Waals surface area contributed by atoms with E-state index < -0.39 is 0 Å². The van der Waals surface area contributed by atoms with Crippen molar-refractivity contribution in [2.24, 2.45) is 17.3 Å². The minimum atomic E-state index is -0.237. The highest BCUT2D eigenvalue weighted by atomic mass is 16.3. The molecule has 0 bridgehead atoms. The van der Waals surface area contributed by atoms with Crippen LogP contribution in [0.3, 0.4) is 0 Å². The minimum absolute atomic E-state index is 0.213. The van der Waals surface area contributed by atoms with Crippen LogP contribution >= 0.6 is 0 Å². The maximum Gasteiger partial charge on any atom is 0.140 e. The Morgan fingerprint density at radius 1 is 1.28 bits per heavy atom. The van der Waals surface area contributed by atoms with Gasteiger partial charge in [0.1, 0.15) is 5.78 Å². The predicted octanol–water partition coefficient (Wildman–Crippen LogP) is 1.84. The normalized spacial score (nSPS) is 46.1. The number of fused-ring (bicyclic) bond motifs is 2. The molecule has 3 nitrogen and oxygen atoms in total. The molecule has 3 fully saturated rings. The van der Waals surface area contributed by atoms with Gasteiger partial charge in [-0.05, 0) is 38.6 Å². The summed E-state index contributed by atoms with van der Waals surface area (Å²) in [5.41, 5.74) is -0.213. The third kappa shape index (κ3) is 1.83. The van der Waals surface area contributed by atoms with Crippen LogP contribution in [0.5, 0.6) is 0 Å². The lowest BCUT2D eigenvalue weighted by atomic mass is 9.55. The van der Waals surface area contributed by atoms with Crippen molar-refractivity contribution in [1.29, 1.82) is 0 Å². The van der Waals surface area contributed by atoms with Crippen LogP contribution in [0.2, 0.25) is 0 Å². The van der Waals surface area contributed by atoms with E-state index in [0.29, 0.717) is 11.7 Å². The molecule has 1 N–H and O–H groups in total. The Balaban J connectivity index is 1.95. The zero-order valence-corrected chi connectivity index (χ0v) is 11.4. The van der Waals surface area contributed by atoms with Crippen molar-refractivity contribution in [2.75, 3.05) is 20.1 Å². The summed E-state index contributed by atoms with van der Waals surface area (Å²) in [6.07, 6.45) is 6.95. The van der Waals surface area contributed by atoms with E-state index in [-0.39, 0.29) is 17.4 Å². The number of hydrogen-bond acceptors (Lipinski definition) is 3. The van der Waals surface area contributed by atoms with Gasteiger partial charge in [-0.15, -0.1) is 0 Å². The molecule has 0 radical (unpaired) electrons. The van der Waals surface area contributed by atoms with Gasteiger partial charge in [0, 0.05) is 30.8 Å². The van der Waals surface area contributed by atoms with Crippen molar-refractivity contribution < 1.29 is 9.90 Å². The predicted molar refractivity (Wildman–Crippen MR) is 70.2 cm³/mol. The van der Waals surface area contributed by atoms with Gasteiger partial charge in [-0.1, -0.05) is 12.8 Å². The summed E-state index contributed by atoms with van der Waals surface area (Å²) in [6.45, 7) is 1.95. The van der Waals surface area contributed by atoms with Gasteiger partial charge in [0.15, 0.2) is 0 Å². The van der Waals surface area contributed by atoms with Gasteiger partial charge in [0.2, 0.25) is 0 Å². The second kappa shape index (κ2) is 4.61. The molecule has 0 aromatic rings. The molecule has 1 heterocycles. The molecule has 3 heteroatoms. The van der Waals surface area contributed by atoms with Crippen molar-refractivity contribution in [1.82, 2.24) is 4.90 Å². The van der Waals surface area contributed by atoms with Crippen LogP contribution in [0.15, 0.2) is 0 Å². The number of piperidine rings is 1. The highest BCUT2D eigenvalue weighted by Gasteiger charge is 2.55. The molecule has 1 saturated heterocycles. The van der Waals surface area contributed by atoms with Crippen LogP contribution in [0, 0.1) is 17.3 Å². The number of Topliss-reactive ketones (excluding diaryl/α,β-unsaturated/α-hetero) is 1. The smallest absolute Gasteiger partial charge is 0.140 e. The number of aliphatic hydroxyl groups excluding tert-OH is 1. The van der Waals surface area contributed by atoms with E-state index in [1.54, 1.807) is 0 Å². The molecule has 4 atom stereocenters. The third-order valence-corrected chi connectivity index (χ3v) is 5.57. The number of ketones is 1. The fourth-order valence-corrected chi connectivity index (χ4v) is 4.97. The molecular weight excluding hydrogens is 226 g/mol. The van der Waals surface area contributed by atoms with Crippen molar-refractivity contribution in [3.63, 3.8) is 0 Å². The molecule has 3 aliphatic rings. The van der Waals surface area contributed by atoms with Gasteiger partial charge >= 0.3 is 0 Å². The van der Waals surface area contributed by atoms with E-state index in [0.717, 1.165) is 51.6 Å². The SMILES string of the molecule is CN1CC2CCCC(O)C2C2(CCCCC2=O)C1. The standard InChI is InChI=1S/C15H25NO2/c1-16-9-11-5-4-6-12(17)14(11)15(10-16)8-3-2-7-13(15)18/h11-12,14,17H,2-10H2,1H3. The van der Waals surface area contributed by atoms with Gasteiger partial charge in [-0.3, -0.25) is 4.79 Å². The quantitative estimate of drug-likeness (QED) is 0.714. The highest BCUT2D eigenvalue weighted by Crippen LogP contribution is 2.51. The van der Waals surface area contributed by atoms with Crippen molar-refractivity contribution in [3.8, 4) is 0 Å². The second-order valence-electron chi connectivity index (χ2n) is 6.77. The summed E-state index contributed by atoms with van der Waals surface area (Å²) in [5.74, 6) is 1.22. The molecule has 3 rings (SSSR count). The summed E-state index contributed by atoms with van der Waals surface area (Å²) in [6, 6.07) is 0. The van der Waals surface area contributed by atoms with Crippen LogP contribution in [-0.2, 0) is 4.79 Å². The monoisotopic (exact) mass is 251 g/mol. The highest BCUT2D eigenvalue weighted by molar-refractivity contribution is 5.86. The average Bonchev–Trinajstić information content (AvgIpc) is 2.32. The van der Waals surface area contributed by atoms with E-state index in [9.17, 15) is 9.90 Å². The number of aliphatic hydroxyl groups is 1. The molecule has 1 aliphatic heterocycles. The molecule has 102 valence electrons. The number of nitrogens with zero attached hydrogens (tertiary/aromatic N) is 1. The minimum Gasteiger partial charge on any atom is -0.393 e. The van der Waals surface area contributed by atoms with Gasteiger partial charge in [-0.2, -0.15) is 0 Å². The first kappa shape index (κ1) is 12.6.